The third-order valence-corrected chi connectivity index (χ3v) is 4.74. The van der Waals surface area contributed by atoms with Gasteiger partial charge in [-0.25, -0.2) is 0 Å². The van der Waals surface area contributed by atoms with Crippen LogP contribution in [0.5, 0.6) is 5.75 Å². The van der Waals surface area contributed by atoms with Gasteiger partial charge in [0.1, 0.15) is 5.75 Å². The summed E-state index contributed by atoms with van der Waals surface area (Å²) < 4.78 is 28.9. The van der Waals surface area contributed by atoms with E-state index in [1.165, 1.54) is 12.1 Å². The molecule has 2 aliphatic heterocycles. The smallest absolute Gasteiger partial charge is 0.387 e. The van der Waals surface area contributed by atoms with Crippen LogP contribution in [0.2, 0.25) is 0 Å². The molecule has 2 fully saturated rings. The molecule has 4 rings (SSSR count). The van der Waals surface area contributed by atoms with Crippen LogP contribution in [-0.4, -0.2) is 64.7 Å². The average molecular weight is 322 g/mol. The van der Waals surface area contributed by atoms with Crippen molar-refractivity contribution in [1.82, 2.24) is 20.0 Å². The van der Waals surface area contributed by atoms with Crippen LogP contribution in [0, 0.1) is 0 Å². The summed E-state index contributed by atoms with van der Waals surface area (Å²) in [5.41, 5.74) is 0.840. The number of aromatic amines is 1. The second-order valence-electron chi connectivity index (χ2n) is 6.10. The van der Waals surface area contributed by atoms with Crippen LogP contribution in [0.3, 0.4) is 0 Å². The Bertz CT molecular complexity index is 761. The van der Waals surface area contributed by atoms with Crippen molar-refractivity contribution >= 4 is 16.8 Å². The van der Waals surface area contributed by atoms with Gasteiger partial charge in [0.05, 0.1) is 5.52 Å². The first-order chi connectivity index (χ1) is 11.0. The summed E-state index contributed by atoms with van der Waals surface area (Å²) in [4.78, 5) is 16.9. The molecule has 0 saturated carbocycles. The number of aromatic nitrogens is 2. The first kappa shape index (κ1) is 14.4. The topological polar surface area (TPSA) is 61.5 Å². The Labute approximate surface area is 131 Å². The number of carbonyl (C=O) groups excluding carboxylic acids is 1. The second kappa shape index (κ2) is 5.16. The van der Waals surface area contributed by atoms with Gasteiger partial charge in [-0.3, -0.25) is 14.8 Å². The number of benzene rings is 1. The molecular weight excluding hydrogens is 306 g/mol. The highest BCUT2D eigenvalue weighted by Gasteiger charge is 2.44. The maximum absolute atomic E-state index is 12.8. The molecule has 2 bridgehead atoms. The first-order valence-electron chi connectivity index (χ1n) is 7.47. The fourth-order valence-corrected chi connectivity index (χ4v) is 3.59. The molecule has 0 unspecified atom stereocenters. The monoisotopic (exact) mass is 322 g/mol. The highest BCUT2D eigenvalue weighted by Crippen LogP contribution is 2.32. The number of hydrogen-bond acceptors (Lipinski definition) is 4. The molecule has 2 atom stereocenters. The van der Waals surface area contributed by atoms with Gasteiger partial charge in [-0.2, -0.15) is 13.9 Å². The number of rotatable bonds is 3. The maximum atomic E-state index is 12.8. The van der Waals surface area contributed by atoms with E-state index in [1.54, 1.807) is 6.07 Å². The summed E-state index contributed by atoms with van der Waals surface area (Å²) in [5, 5.41) is 7.43. The van der Waals surface area contributed by atoms with Crippen molar-refractivity contribution in [2.75, 3.05) is 20.1 Å². The van der Waals surface area contributed by atoms with Crippen LogP contribution < -0.4 is 4.74 Å². The van der Waals surface area contributed by atoms with E-state index in [0.717, 1.165) is 13.0 Å². The summed E-state index contributed by atoms with van der Waals surface area (Å²) in [7, 11) is 2.07. The van der Waals surface area contributed by atoms with E-state index in [0.29, 0.717) is 29.2 Å². The fourth-order valence-electron chi connectivity index (χ4n) is 3.59. The summed E-state index contributed by atoms with van der Waals surface area (Å²) >= 11 is 0. The highest BCUT2D eigenvalue weighted by atomic mass is 19.3. The third-order valence-electron chi connectivity index (χ3n) is 4.74. The number of fused-ring (bicyclic) bond motifs is 3. The average Bonchev–Trinajstić information content (AvgIpc) is 3.18. The molecule has 0 spiro atoms. The number of ether oxygens (including phenoxy) is 1. The lowest BCUT2D eigenvalue weighted by Gasteiger charge is -2.31. The zero-order valence-electron chi connectivity index (χ0n) is 12.5. The number of alkyl halides is 2. The van der Waals surface area contributed by atoms with E-state index in [2.05, 4.69) is 26.9 Å². The Morgan fingerprint density at radius 1 is 1.39 bits per heavy atom. The maximum Gasteiger partial charge on any atom is 0.387 e. The summed E-state index contributed by atoms with van der Waals surface area (Å²) in [5.74, 6) is -0.0728. The molecule has 122 valence electrons. The van der Waals surface area contributed by atoms with Gasteiger partial charge in [0, 0.05) is 36.6 Å². The number of piperazine rings is 1. The van der Waals surface area contributed by atoms with Crippen LogP contribution in [0.25, 0.3) is 10.9 Å². The van der Waals surface area contributed by atoms with Crippen molar-refractivity contribution in [2.24, 2.45) is 0 Å². The quantitative estimate of drug-likeness (QED) is 0.934. The third kappa shape index (κ3) is 2.33. The summed E-state index contributed by atoms with van der Waals surface area (Å²) in [6.45, 7) is -1.29. The number of likely N-dealkylation sites (N-methyl/N-ethyl adjacent to an activating group) is 1. The normalized spacial score (nSPS) is 24.1. The Hall–Kier alpha value is -2.22. The van der Waals surface area contributed by atoms with Crippen molar-refractivity contribution in [3.05, 3.63) is 23.9 Å². The van der Waals surface area contributed by atoms with Gasteiger partial charge in [0.2, 0.25) is 0 Å². The van der Waals surface area contributed by atoms with Crippen molar-refractivity contribution < 1.29 is 18.3 Å². The minimum atomic E-state index is -2.88. The molecule has 1 N–H and O–H groups in total. The molecule has 6 nitrogen and oxygen atoms in total. The molecular formula is C15H16F2N4O2. The van der Waals surface area contributed by atoms with Crippen LogP contribution >= 0.6 is 0 Å². The molecule has 2 saturated heterocycles. The Balaban J connectivity index is 1.61. The van der Waals surface area contributed by atoms with E-state index in [1.807, 2.05) is 4.90 Å². The minimum absolute atomic E-state index is 0.0389. The molecule has 1 amide bonds. The van der Waals surface area contributed by atoms with Crippen LogP contribution in [0.4, 0.5) is 8.78 Å². The standard InChI is InChI=1S/C15H16F2N4O2/c1-20-6-9-4-8(20)7-21(9)14(22)13-11-3-2-10(23-15(16)17)5-12(11)18-19-13/h2-3,5,8-9,15H,4,6-7H2,1H3,(H,18,19)/t8-,9-/m0/s1. The predicted molar refractivity (Wildman–Crippen MR) is 78.6 cm³/mol. The molecule has 23 heavy (non-hydrogen) atoms. The SMILES string of the molecule is CN1C[C@@H]2C[C@H]1CN2C(=O)c1n[nH]c2cc(OC(F)F)ccc12. The first-order valence-corrected chi connectivity index (χ1v) is 7.47. The number of amides is 1. The van der Waals surface area contributed by atoms with Gasteiger partial charge >= 0.3 is 6.61 Å². The molecule has 3 heterocycles. The van der Waals surface area contributed by atoms with Crippen molar-refractivity contribution in [2.45, 2.75) is 25.1 Å². The van der Waals surface area contributed by atoms with Gasteiger partial charge in [-0.05, 0) is 25.6 Å². The van der Waals surface area contributed by atoms with Crippen molar-refractivity contribution in [3.63, 3.8) is 0 Å². The largest absolute Gasteiger partial charge is 0.435 e. The molecule has 2 aromatic rings. The molecule has 0 radical (unpaired) electrons. The van der Waals surface area contributed by atoms with Crippen molar-refractivity contribution in [1.29, 1.82) is 0 Å². The number of nitrogens with one attached hydrogen (secondary N) is 1. The number of carbonyl (C=O) groups is 1. The predicted octanol–water partition coefficient (Wildman–Crippen LogP) is 1.69. The molecule has 8 heteroatoms. The van der Waals surface area contributed by atoms with E-state index in [-0.39, 0.29) is 17.7 Å². The van der Waals surface area contributed by atoms with Crippen LogP contribution in [-0.2, 0) is 0 Å². The van der Waals surface area contributed by atoms with E-state index in [4.69, 9.17) is 0 Å². The highest BCUT2D eigenvalue weighted by molar-refractivity contribution is 6.05. The molecule has 0 aliphatic carbocycles. The second-order valence-corrected chi connectivity index (χ2v) is 6.10. The number of nitrogens with zero attached hydrogens (tertiary/aromatic N) is 3. The van der Waals surface area contributed by atoms with Crippen molar-refractivity contribution in [3.8, 4) is 5.75 Å². The van der Waals surface area contributed by atoms with Gasteiger partial charge in [0.25, 0.3) is 5.91 Å². The Morgan fingerprint density at radius 3 is 2.87 bits per heavy atom. The minimum Gasteiger partial charge on any atom is -0.435 e. The number of likely N-dealkylation sites (tertiary alicyclic amines) is 2. The molecule has 1 aromatic heterocycles. The lowest BCUT2D eigenvalue weighted by atomic mass is 10.1. The number of H-pyrrole nitrogens is 1. The summed E-state index contributed by atoms with van der Waals surface area (Å²) in [6.07, 6.45) is 0.997. The van der Waals surface area contributed by atoms with E-state index >= 15 is 0 Å². The van der Waals surface area contributed by atoms with E-state index < -0.39 is 6.61 Å². The Kier molecular flexibility index (Phi) is 3.22. The van der Waals surface area contributed by atoms with Gasteiger partial charge in [-0.15, -0.1) is 0 Å². The van der Waals surface area contributed by atoms with Crippen LogP contribution in [0.1, 0.15) is 16.9 Å². The van der Waals surface area contributed by atoms with Gasteiger partial charge in [-0.1, -0.05) is 0 Å². The summed E-state index contributed by atoms with van der Waals surface area (Å²) in [6, 6.07) is 5.08. The zero-order valence-corrected chi connectivity index (χ0v) is 12.5. The number of hydrogen-bond donors (Lipinski definition) is 1. The van der Waals surface area contributed by atoms with Gasteiger partial charge < -0.3 is 9.64 Å². The lowest BCUT2D eigenvalue weighted by Crippen LogP contribution is -2.47. The molecule has 1 aromatic carbocycles. The van der Waals surface area contributed by atoms with Crippen LogP contribution in [0.15, 0.2) is 18.2 Å². The lowest BCUT2D eigenvalue weighted by molar-refractivity contribution is -0.0497. The Morgan fingerprint density at radius 2 is 2.22 bits per heavy atom. The molecule has 2 aliphatic rings. The number of halogens is 2. The zero-order chi connectivity index (χ0) is 16.1. The van der Waals surface area contributed by atoms with E-state index in [9.17, 15) is 13.6 Å². The fraction of sp³-hybridized carbons (Fsp3) is 0.467. The van der Waals surface area contributed by atoms with Gasteiger partial charge in [0.15, 0.2) is 5.69 Å².